The van der Waals surface area contributed by atoms with Crippen molar-refractivity contribution < 1.29 is 18.7 Å². The summed E-state index contributed by atoms with van der Waals surface area (Å²) in [5.74, 6) is 2.64. The summed E-state index contributed by atoms with van der Waals surface area (Å²) in [4.78, 5) is 18.2. The van der Waals surface area contributed by atoms with E-state index in [1.807, 2.05) is 36.2 Å². The van der Waals surface area contributed by atoms with Crippen LogP contribution in [0, 0.1) is 0 Å². The average molecular weight is 516 g/mol. The van der Waals surface area contributed by atoms with Gasteiger partial charge in [0.15, 0.2) is 17.5 Å². The van der Waals surface area contributed by atoms with Gasteiger partial charge in [0.05, 0.1) is 33.6 Å². The molecule has 0 saturated carbocycles. The first kappa shape index (κ1) is 24.6. The van der Waals surface area contributed by atoms with Gasteiger partial charge in [0.1, 0.15) is 5.76 Å². The zero-order valence-electron chi connectivity index (χ0n) is 17.2. The molecule has 0 aliphatic rings. The average Bonchev–Trinajstić information content (AvgIpc) is 3.24. The Morgan fingerprint density at radius 2 is 1.93 bits per heavy atom. The third kappa shape index (κ3) is 7.84. The van der Waals surface area contributed by atoms with E-state index in [2.05, 4.69) is 15.6 Å². The molecule has 9 heteroatoms. The first-order valence-corrected chi connectivity index (χ1v) is 8.99. The van der Waals surface area contributed by atoms with Gasteiger partial charge in [-0.05, 0) is 36.2 Å². The zero-order chi connectivity index (χ0) is 20.4. The van der Waals surface area contributed by atoms with E-state index in [0.717, 1.165) is 18.5 Å². The molecule has 0 aliphatic heterocycles. The van der Waals surface area contributed by atoms with Crippen molar-refractivity contribution in [2.45, 2.75) is 13.0 Å². The normalized spacial score (nSPS) is 10.7. The second-order valence-corrected chi connectivity index (χ2v) is 6.12. The van der Waals surface area contributed by atoms with Crippen molar-refractivity contribution in [3.63, 3.8) is 0 Å². The van der Waals surface area contributed by atoms with Crippen LogP contribution in [0.1, 0.15) is 11.3 Å². The van der Waals surface area contributed by atoms with Crippen molar-refractivity contribution in [1.82, 2.24) is 15.5 Å². The van der Waals surface area contributed by atoms with Crippen molar-refractivity contribution in [1.29, 1.82) is 0 Å². The minimum atomic E-state index is -0.133. The van der Waals surface area contributed by atoms with Crippen LogP contribution in [0.15, 0.2) is 46.0 Å². The molecule has 0 fully saturated rings. The van der Waals surface area contributed by atoms with E-state index in [4.69, 9.17) is 13.9 Å². The first-order chi connectivity index (χ1) is 13.6. The van der Waals surface area contributed by atoms with Crippen molar-refractivity contribution in [2.24, 2.45) is 4.99 Å². The fourth-order valence-electron chi connectivity index (χ4n) is 2.64. The third-order valence-corrected chi connectivity index (χ3v) is 4.20. The molecule has 0 aliphatic carbocycles. The van der Waals surface area contributed by atoms with Gasteiger partial charge in [-0.2, -0.15) is 0 Å². The number of benzene rings is 1. The van der Waals surface area contributed by atoms with Gasteiger partial charge < -0.3 is 29.4 Å². The number of furan rings is 1. The summed E-state index contributed by atoms with van der Waals surface area (Å²) in [6.07, 6.45) is 2.37. The zero-order valence-corrected chi connectivity index (χ0v) is 19.6. The molecule has 0 unspecified atom stereocenters. The van der Waals surface area contributed by atoms with Crippen LogP contribution >= 0.6 is 24.0 Å². The number of carbonyl (C=O) groups is 1. The van der Waals surface area contributed by atoms with Crippen LogP contribution in [0.25, 0.3) is 0 Å². The number of ether oxygens (including phenoxy) is 2. The molecule has 0 spiro atoms. The smallest absolute Gasteiger partial charge is 0.239 e. The molecule has 1 aromatic heterocycles. The van der Waals surface area contributed by atoms with E-state index in [0.29, 0.717) is 29.8 Å². The molecular formula is C20H29IN4O4. The lowest BCUT2D eigenvalue weighted by Gasteiger charge is -2.22. The van der Waals surface area contributed by atoms with E-state index in [1.165, 1.54) is 0 Å². The van der Waals surface area contributed by atoms with Crippen LogP contribution in [0.4, 0.5) is 0 Å². The lowest BCUT2D eigenvalue weighted by molar-refractivity contribution is -0.120. The Morgan fingerprint density at radius 1 is 1.17 bits per heavy atom. The van der Waals surface area contributed by atoms with Crippen molar-refractivity contribution in [3.8, 4) is 11.5 Å². The molecule has 2 aromatic rings. The number of hydrogen-bond acceptors (Lipinski definition) is 5. The molecule has 8 nitrogen and oxygen atoms in total. The Balaban J connectivity index is 0.00000420. The van der Waals surface area contributed by atoms with Crippen LogP contribution < -0.4 is 20.1 Å². The summed E-state index contributed by atoms with van der Waals surface area (Å²) in [6, 6.07) is 9.46. The predicted molar refractivity (Wildman–Crippen MR) is 123 cm³/mol. The maximum absolute atomic E-state index is 12.0. The molecular weight excluding hydrogens is 487 g/mol. The Bertz CT molecular complexity index is 781. The fourth-order valence-corrected chi connectivity index (χ4v) is 2.64. The highest BCUT2D eigenvalue weighted by atomic mass is 127. The molecule has 2 N–H and O–H groups in total. The monoisotopic (exact) mass is 516 g/mol. The second kappa shape index (κ2) is 12.9. The number of rotatable bonds is 9. The molecule has 0 atom stereocenters. The summed E-state index contributed by atoms with van der Waals surface area (Å²) >= 11 is 0. The third-order valence-electron chi connectivity index (χ3n) is 4.20. The molecule has 0 saturated heterocycles. The first-order valence-electron chi connectivity index (χ1n) is 8.99. The van der Waals surface area contributed by atoms with Crippen LogP contribution in [0.3, 0.4) is 0 Å². The molecule has 1 aromatic carbocycles. The number of aliphatic imine (C=N–C) groups is 1. The van der Waals surface area contributed by atoms with E-state index < -0.39 is 0 Å². The second-order valence-electron chi connectivity index (χ2n) is 6.12. The maximum atomic E-state index is 12.0. The molecule has 1 heterocycles. The number of amides is 1. The minimum absolute atomic E-state index is 0. The SMILES string of the molecule is CN=C(NCC(=O)NCc1ccco1)N(C)CCc1ccc(OC)c(OC)c1.I. The molecule has 2 rings (SSSR count). The maximum Gasteiger partial charge on any atom is 0.239 e. The summed E-state index contributed by atoms with van der Waals surface area (Å²) in [6.45, 7) is 1.22. The Labute approximate surface area is 188 Å². The molecule has 1 amide bonds. The fraction of sp³-hybridized carbons (Fsp3) is 0.400. The van der Waals surface area contributed by atoms with E-state index >= 15 is 0 Å². The summed E-state index contributed by atoms with van der Waals surface area (Å²) < 4.78 is 15.8. The molecule has 29 heavy (non-hydrogen) atoms. The van der Waals surface area contributed by atoms with Crippen molar-refractivity contribution in [2.75, 3.05) is 41.4 Å². The Hall–Kier alpha value is -2.43. The van der Waals surface area contributed by atoms with Gasteiger partial charge in [0.2, 0.25) is 5.91 Å². The number of hydrogen-bond donors (Lipinski definition) is 2. The highest BCUT2D eigenvalue weighted by molar-refractivity contribution is 14.0. The standard InChI is InChI=1S/C20H28N4O4.HI/c1-21-20(23-14-19(25)22-13-16-6-5-11-28-16)24(2)10-9-15-7-8-17(26-3)18(12-15)27-4;/h5-8,11-12H,9-10,13-14H2,1-4H3,(H,21,23)(H,22,25);1H. The number of carbonyl (C=O) groups excluding carboxylic acids is 1. The van der Waals surface area contributed by atoms with E-state index in [1.54, 1.807) is 33.6 Å². The van der Waals surface area contributed by atoms with Gasteiger partial charge in [0, 0.05) is 20.6 Å². The molecule has 0 bridgehead atoms. The summed E-state index contributed by atoms with van der Waals surface area (Å²) in [5, 5.41) is 5.86. The molecule has 160 valence electrons. The van der Waals surface area contributed by atoms with Gasteiger partial charge in [-0.15, -0.1) is 24.0 Å². The number of nitrogens with zero attached hydrogens (tertiary/aromatic N) is 2. The Kier molecular flexibility index (Phi) is 11.0. The number of nitrogens with one attached hydrogen (secondary N) is 2. The lowest BCUT2D eigenvalue weighted by Crippen LogP contribution is -2.44. The number of likely N-dealkylation sites (N-methyl/N-ethyl adjacent to an activating group) is 1. The minimum Gasteiger partial charge on any atom is -0.493 e. The van der Waals surface area contributed by atoms with Gasteiger partial charge in [-0.1, -0.05) is 6.07 Å². The largest absolute Gasteiger partial charge is 0.493 e. The van der Waals surface area contributed by atoms with Gasteiger partial charge in [0.25, 0.3) is 0 Å². The summed E-state index contributed by atoms with van der Waals surface area (Å²) in [7, 11) is 6.86. The van der Waals surface area contributed by atoms with Gasteiger partial charge in [-0.25, -0.2) is 0 Å². The van der Waals surface area contributed by atoms with E-state index in [9.17, 15) is 4.79 Å². The molecule has 0 radical (unpaired) electrons. The Morgan fingerprint density at radius 3 is 2.55 bits per heavy atom. The van der Waals surface area contributed by atoms with Crippen LogP contribution in [-0.4, -0.2) is 58.2 Å². The quantitative estimate of drug-likeness (QED) is 0.302. The van der Waals surface area contributed by atoms with Crippen LogP contribution in [0.2, 0.25) is 0 Å². The number of methoxy groups -OCH3 is 2. The predicted octanol–water partition coefficient (Wildman–Crippen LogP) is 2.28. The summed E-state index contributed by atoms with van der Waals surface area (Å²) in [5.41, 5.74) is 1.12. The number of guanidine groups is 1. The van der Waals surface area contributed by atoms with Crippen molar-refractivity contribution in [3.05, 3.63) is 47.9 Å². The van der Waals surface area contributed by atoms with Crippen LogP contribution in [-0.2, 0) is 17.8 Å². The van der Waals surface area contributed by atoms with Gasteiger partial charge in [-0.3, -0.25) is 9.79 Å². The lowest BCUT2D eigenvalue weighted by atomic mass is 10.1. The van der Waals surface area contributed by atoms with Gasteiger partial charge >= 0.3 is 0 Å². The topological polar surface area (TPSA) is 88.3 Å². The highest BCUT2D eigenvalue weighted by Crippen LogP contribution is 2.27. The number of halogens is 1. The van der Waals surface area contributed by atoms with Crippen molar-refractivity contribution >= 4 is 35.8 Å². The van der Waals surface area contributed by atoms with E-state index in [-0.39, 0.29) is 36.4 Å². The highest BCUT2D eigenvalue weighted by Gasteiger charge is 2.10. The van der Waals surface area contributed by atoms with Crippen LogP contribution in [0.5, 0.6) is 11.5 Å².